The number of hydrogen-bond acceptors (Lipinski definition) is 5. The number of aliphatic carboxylic acids is 1. The van der Waals surface area contributed by atoms with Crippen LogP contribution in [0.4, 0.5) is 0 Å². The Hall–Kier alpha value is -0.690. The van der Waals surface area contributed by atoms with E-state index in [0.717, 1.165) is 0 Å². The van der Waals surface area contributed by atoms with E-state index in [1.54, 1.807) is 14.2 Å². The Balaban J connectivity index is 4.47. The van der Waals surface area contributed by atoms with Gasteiger partial charge in [0.05, 0.1) is 13.2 Å². The number of methoxy groups -OCH3 is 2. The van der Waals surface area contributed by atoms with E-state index in [2.05, 4.69) is 10.2 Å². The van der Waals surface area contributed by atoms with Gasteiger partial charge in [0, 0.05) is 33.4 Å². The van der Waals surface area contributed by atoms with Crippen molar-refractivity contribution < 1.29 is 19.4 Å². The molecule has 0 radical (unpaired) electrons. The van der Waals surface area contributed by atoms with Crippen LogP contribution in [0.25, 0.3) is 0 Å². The van der Waals surface area contributed by atoms with Crippen molar-refractivity contribution in [2.75, 3.05) is 47.1 Å². The number of carbonyl (C=O) groups is 1. The highest BCUT2D eigenvalue weighted by atomic mass is 16.5. The maximum Gasteiger partial charge on any atom is 0.322 e. The van der Waals surface area contributed by atoms with Crippen LogP contribution in [0, 0.1) is 0 Å². The number of ether oxygens (including phenoxy) is 2. The lowest BCUT2D eigenvalue weighted by molar-refractivity contribution is -0.140. The predicted octanol–water partition coefficient (Wildman–Crippen LogP) is 0.0324. The topological polar surface area (TPSA) is 71.0 Å². The summed E-state index contributed by atoms with van der Waals surface area (Å²) < 4.78 is 10.2. The average molecular weight is 262 g/mol. The van der Waals surface area contributed by atoms with Crippen LogP contribution < -0.4 is 5.32 Å². The molecule has 0 amide bonds. The molecular formula is C12H26N2O4. The van der Waals surface area contributed by atoms with Gasteiger partial charge in [-0.2, -0.15) is 0 Å². The normalized spacial score (nSPS) is 14.7. The van der Waals surface area contributed by atoms with Crippen LogP contribution in [-0.2, 0) is 14.3 Å². The third-order valence-electron chi connectivity index (χ3n) is 2.78. The van der Waals surface area contributed by atoms with Crippen LogP contribution >= 0.6 is 0 Å². The molecule has 0 aliphatic carbocycles. The Bertz CT molecular complexity index is 226. The van der Waals surface area contributed by atoms with Crippen molar-refractivity contribution in [2.24, 2.45) is 0 Å². The Kier molecular flexibility index (Phi) is 9.86. The monoisotopic (exact) mass is 262 g/mol. The largest absolute Gasteiger partial charge is 0.480 e. The lowest BCUT2D eigenvalue weighted by Crippen LogP contribution is -2.50. The number of nitrogens with zero attached hydrogens (tertiary/aromatic N) is 1. The zero-order valence-corrected chi connectivity index (χ0v) is 11.8. The zero-order chi connectivity index (χ0) is 14.0. The molecule has 2 N–H and O–H groups in total. The Labute approximate surface area is 109 Å². The first-order chi connectivity index (χ1) is 8.56. The molecule has 2 atom stereocenters. The molecule has 0 bridgehead atoms. The minimum Gasteiger partial charge on any atom is -0.480 e. The highest BCUT2D eigenvalue weighted by molar-refractivity contribution is 5.73. The highest BCUT2D eigenvalue weighted by Crippen LogP contribution is 2.02. The molecule has 0 saturated heterocycles. The van der Waals surface area contributed by atoms with Gasteiger partial charge < -0.3 is 19.9 Å². The maximum atomic E-state index is 11.1. The molecule has 0 aromatic heterocycles. The fourth-order valence-electron chi connectivity index (χ4n) is 1.76. The number of carboxylic acids is 1. The van der Waals surface area contributed by atoms with Crippen LogP contribution in [0.15, 0.2) is 0 Å². The standard InChI is InChI=1S/C12H26N2O4/c1-5-13-11(12(15)16)8-14(6-7-17-3)10(2)9-18-4/h10-11,13H,5-9H2,1-4H3,(H,15,16). The van der Waals surface area contributed by atoms with E-state index in [1.165, 1.54) is 0 Å². The second-order valence-corrected chi connectivity index (χ2v) is 4.24. The van der Waals surface area contributed by atoms with Gasteiger partial charge in [-0.25, -0.2) is 0 Å². The highest BCUT2D eigenvalue weighted by Gasteiger charge is 2.22. The Morgan fingerprint density at radius 3 is 2.50 bits per heavy atom. The molecule has 0 fully saturated rings. The molecule has 0 spiro atoms. The molecule has 0 rings (SSSR count). The molecule has 0 heterocycles. The van der Waals surface area contributed by atoms with E-state index in [4.69, 9.17) is 14.6 Å². The summed E-state index contributed by atoms with van der Waals surface area (Å²) in [7, 11) is 3.28. The van der Waals surface area contributed by atoms with Crippen molar-refractivity contribution in [3.8, 4) is 0 Å². The second-order valence-electron chi connectivity index (χ2n) is 4.24. The smallest absolute Gasteiger partial charge is 0.322 e. The first-order valence-corrected chi connectivity index (χ1v) is 6.24. The number of carboxylic acid groups (broad SMARTS) is 1. The molecule has 0 aromatic rings. The van der Waals surface area contributed by atoms with Gasteiger partial charge in [0.1, 0.15) is 6.04 Å². The molecule has 6 heteroatoms. The SMILES string of the molecule is CCNC(CN(CCOC)C(C)COC)C(=O)O. The van der Waals surface area contributed by atoms with E-state index in [-0.39, 0.29) is 6.04 Å². The lowest BCUT2D eigenvalue weighted by atomic mass is 10.2. The van der Waals surface area contributed by atoms with Crippen LogP contribution in [0.3, 0.4) is 0 Å². The lowest BCUT2D eigenvalue weighted by Gasteiger charge is -2.30. The number of nitrogens with one attached hydrogen (secondary N) is 1. The molecule has 6 nitrogen and oxygen atoms in total. The van der Waals surface area contributed by atoms with Crippen molar-refractivity contribution in [1.29, 1.82) is 0 Å². The zero-order valence-electron chi connectivity index (χ0n) is 11.8. The van der Waals surface area contributed by atoms with Gasteiger partial charge in [-0.1, -0.05) is 6.92 Å². The summed E-state index contributed by atoms with van der Waals surface area (Å²) in [5.41, 5.74) is 0. The van der Waals surface area contributed by atoms with Crippen molar-refractivity contribution in [2.45, 2.75) is 25.9 Å². The van der Waals surface area contributed by atoms with E-state index < -0.39 is 12.0 Å². The summed E-state index contributed by atoms with van der Waals surface area (Å²) in [6.45, 7) is 6.83. The molecule has 2 unspecified atom stereocenters. The van der Waals surface area contributed by atoms with Crippen LogP contribution in [-0.4, -0.2) is 75.1 Å². The van der Waals surface area contributed by atoms with Crippen LogP contribution in [0.1, 0.15) is 13.8 Å². The molecule has 108 valence electrons. The van der Waals surface area contributed by atoms with Gasteiger partial charge in [-0.15, -0.1) is 0 Å². The number of hydrogen-bond donors (Lipinski definition) is 2. The number of rotatable bonds is 11. The fourth-order valence-corrected chi connectivity index (χ4v) is 1.76. The van der Waals surface area contributed by atoms with Crippen molar-refractivity contribution in [3.63, 3.8) is 0 Å². The summed E-state index contributed by atoms with van der Waals surface area (Å²) >= 11 is 0. The molecule has 0 aliphatic heterocycles. The van der Waals surface area contributed by atoms with Gasteiger partial charge in [0.2, 0.25) is 0 Å². The molecular weight excluding hydrogens is 236 g/mol. The third kappa shape index (κ3) is 6.90. The first kappa shape index (κ1) is 17.3. The van der Waals surface area contributed by atoms with Gasteiger partial charge in [-0.05, 0) is 13.5 Å². The van der Waals surface area contributed by atoms with Gasteiger partial charge in [-0.3, -0.25) is 9.69 Å². The molecule has 18 heavy (non-hydrogen) atoms. The van der Waals surface area contributed by atoms with Crippen molar-refractivity contribution in [1.82, 2.24) is 10.2 Å². The van der Waals surface area contributed by atoms with Crippen LogP contribution in [0.2, 0.25) is 0 Å². The van der Waals surface area contributed by atoms with E-state index in [9.17, 15) is 4.79 Å². The third-order valence-corrected chi connectivity index (χ3v) is 2.78. The van der Waals surface area contributed by atoms with Crippen molar-refractivity contribution in [3.05, 3.63) is 0 Å². The van der Waals surface area contributed by atoms with E-state index in [0.29, 0.717) is 32.8 Å². The van der Waals surface area contributed by atoms with Gasteiger partial charge in [0.25, 0.3) is 0 Å². The maximum absolute atomic E-state index is 11.1. The Morgan fingerprint density at radius 2 is 2.06 bits per heavy atom. The van der Waals surface area contributed by atoms with E-state index in [1.807, 2.05) is 13.8 Å². The summed E-state index contributed by atoms with van der Waals surface area (Å²) in [6, 6.07) is -0.406. The summed E-state index contributed by atoms with van der Waals surface area (Å²) in [5, 5.41) is 12.1. The number of likely N-dealkylation sites (N-methyl/N-ethyl adjacent to an activating group) is 1. The van der Waals surface area contributed by atoms with E-state index >= 15 is 0 Å². The van der Waals surface area contributed by atoms with Gasteiger partial charge in [0.15, 0.2) is 0 Å². The van der Waals surface area contributed by atoms with Crippen LogP contribution in [0.5, 0.6) is 0 Å². The minimum atomic E-state index is -0.830. The second kappa shape index (κ2) is 10.3. The average Bonchev–Trinajstić information content (AvgIpc) is 2.33. The Morgan fingerprint density at radius 1 is 1.39 bits per heavy atom. The molecule has 0 saturated carbocycles. The first-order valence-electron chi connectivity index (χ1n) is 6.24. The molecule has 0 aromatic carbocycles. The summed E-state index contributed by atoms with van der Waals surface area (Å²) in [6.07, 6.45) is 0. The van der Waals surface area contributed by atoms with Gasteiger partial charge >= 0.3 is 5.97 Å². The molecule has 0 aliphatic rings. The summed E-state index contributed by atoms with van der Waals surface area (Å²) in [4.78, 5) is 13.2. The fraction of sp³-hybridized carbons (Fsp3) is 0.917. The minimum absolute atomic E-state index is 0.158. The summed E-state index contributed by atoms with van der Waals surface area (Å²) in [5.74, 6) is -0.830. The van der Waals surface area contributed by atoms with Crippen molar-refractivity contribution >= 4 is 5.97 Å². The quantitative estimate of drug-likeness (QED) is 0.547. The predicted molar refractivity (Wildman–Crippen MR) is 69.9 cm³/mol.